The van der Waals surface area contributed by atoms with Crippen molar-refractivity contribution in [2.24, 2.45) is 0 Å². The van der Waals surface area contributed by atoms with Crippen LogP contribution in [0.4, 0.5) is 15.9 Å². The highest BCUT2D eigenvalue weighted by molar-refractivity contribution is 9.10. The van der Waals surface area contributed by atoms with E-state index in [2.05, 4.69) is 30.8 Å². The van der Waals surface area contributed by atoms with Crippen LogP contribution in [0.3, 0.4) is 0 Å². The molecule has 0 radical (unpaired) electrons. The summed E-state index contributed by atoms with van der Waals surface area (Å²) in [6.07, 6.45) is 2.09. The normalized spacial score (nSPS) is 11.6. The molecule has 0 saturated carbocycles. The number of aryl methyl sites for hydroxylation is 1. The van der Waals surface area contributed by atoms with Crippen LogP contribution in [-0.4, -0.2) is 18.6 Å². The summed E-state index contributed by atoms with van der Waals surface area (Å²) in [4.78, 5) is -0.519. The number of hydrogen-bond donors (Lipinski definition) is 3. The van der Waals surface area contributed by atoms with Crippen molar-refractivity contribution in [3.05, 3.63) is 34.2 Å². The highest BCUT2D eigenvalue weighted by Crippen LogP contribution is 2.27. The molecule has 9 heteroatoms. The third-order valence-corrected chi connectivity index (χ3v) is 4.73. The van der Waals surface area contributed by atoms with E-state index in [9.17, 15) is 12.8 Å². The zero-order chi connectivity index (χ0) is 14.9. The predicted molar refractivity (Wildman–Crippen MR) is 77.3 cm³/mol. The van der Waals surface area contributed by atoms with E-state index in [4.69, 9.17) is 5.73 Å². The van der Waals surface area contributed by atoms with Crippen LogP contribution in [0.15, 0.2) is 27.7 Å². The molecule has 2 aromatic rings. The monoisotopic (exact) mass is 362 g/mol. The van der Waals surface area contributed by atoms with Crippen LogP contribution in [0.25, 0.3) is 0 Å². The average Bonchev–Trinajstić information content (AvgIpc) is 2.80. The number of rotatable bonds is 4. The van der Waals surface area contributed by atoms with Gasteiger partial charge in [-0.15, -0.1) is 0 Å². The third-order valence-electron chi connectivity index (χ3n) is 2.68. The second kappa shape index (κ2) is 5.41. The number of nitrogens with zero attached hydrogens (tertiary/aromatic N) is 1. The van der Waals surface area contributed by atoms with E-state index in [0.29, 0.717) is 16.5 Å². The zero-order valence-electron chi connectivity index (χ0n) is 10.4. The van der Waals surface area contributed by atoms with Crippen LogP contribution in [0, 0.1) is 5.82 Å². The zero-order valence-corrected chi connectivity index (χ0v) is 12.8. The topological polar surface area (TPSA) is 101 Å². The molecule has 6 nitrogen and oxygen atoms in total. The molecule has 0 bridgehead atoms. The molecule has 1 aromatic carbocycles. The first kappa shape index (κ1) is 14.8. The van der Waals surface area contributed by atoms with E-state index in [0.717, 1.165) is 12.1 Å². The molecule has 0 amide bonds. The second-order valence-electron chi connectivity index (χ2n) is 4.03. The van der Waals surface area contributed by atoms with Crippen molar-refractivity contribution in [1.29, 1.82) is 0 Å². The van der Waals surface area contributed by atoms with Crippen LogP contribution in [0.2, 0.25) is 0 Å². The lowest BCUT2D eigenvalue weighted by atomic mass is 10.3. The van der Waals surface area contributed by atoms with Crippen molar-refractivity contribution in [3.8, 4) is 0 Å². The van der Waals surface area contributed by atoms with Crippen LogP contribution in [-0.2, 0) is 16.4 Å². The van der Waals surface area contributed by atoms with Crippen molar-refractivity contribution < 1.29 is 12.8 Å². The molecular weight excluding hydrogens is 351 g/mol. The maximum atomic E-state index is 13.8. The van der Waals surface area contributed by atoms with Gasteiger partial charge in [-0.2, -0.15) is 5.10 Å². The number of sulfonamides is 1. The average molecular weight is 363 g/mol. The smallest absolute Gasteiger partial charge is 0.266 e. The molecule has 20 heavy (non-hydrogen) atoms. The van der Waals surface area contributed by atoms with Gasteiger partial charge in [0, 0.05) is 15.7 Å². The van der Waals surface area contributed by atoms with Gasteiger partial charge in [0.2, 0.25) is 0 Å². The number of halogens is 2. The Labute approximate surface area is 123 Å². The summed E-state index contributed by atoms with van der Waals surface area (Å²) in [5, 5.41) is 6.27. The molecule has 108 valence electrons. The Balaban J connectivity index is 2.43. The van der Waals surface area contributed by atoms with Crippen molar-refractivity contribution in [2.75, 3.05) is 10.5 Å². The first-order valence-electron chi connectivity index (χ1n) is 5.64. The maximum Gasteiger partial charge on any atom is 0.266 e. The highest BCUT2D eigenvalue weighted by atomic mass is 79.9. The minimum atomic E-state index is -4.08. The van der Waals surface area contributed by atoms with E-state index < -0.39 is 20.7 Å². The molecule has 1 heterocycles. The lowest BCUT2D eigenvalue weighted by Gasteiger charge is -2.10. The number of benzene rings is 1. The number of aromatic nitrogens is 2. The summed E-state index contributed by atoms with van der Waals surface area (Å²) in [6.45, 7) is 1.85. The molecule has 0 saturated heterocycles. The van der Waals surface area contributed by atoms with Gasteiger partial charge in [0.05, 0.1) is 6.20 Å². The number of aromatic amines is 1. The number of H-pyrrole nitrogens is 1. The van der Waals surface area contributed by atoms with Gasteiger partial charge in [0.15, 0.2) is 0 Å². The molecule has 0 unspecified atom stereocenters. The van der Waals surface area contributed by atoms with Crippen LogP contribution >= 0.6 is 15.9 Å². The van der Waals surface area contributed by atoms with Crippen LogP contribution in [0.1, 0.15) is 12.5 Å². The number of anilines is 2. The predicted octanol–water partition coefficient (Wildman–Crippen LogP) is 2.26. The fourth-order valence-electron chi connectivity index (χ4n) is 1.61. The molecule has 4 N–H and O–H groups in total. The summed E-state index contributed by atoms with van der Waals surface area (Å²) < 4.78 is 40.7. The lowest BCUT2D eigenvalue weighted by molar-refractivity contribution is 0.570. The van der Waals surface area contributed by atoms with Crippen molar-refractivity contribution in [1.82, 2.24) is 10.2 Å². The minimum Gasteiger partial charge on any atom is -0.398 e. The standard InChI is InChI=1S/C11H12BrFN4O2S/c1-2-6-5-15-16-11(6)17-20(18,19)10-4-9(14)7(12)3-8(10)13/h3-5H,2,14H2,1H3,(H2,15,16,17). The van der Waals surface area contributed by atoms with E-state index in [1.165, 1.54) is 6.20 Å². The molecule has 0 spiro atoms. The van der Waals surface area contributed by atoms with Crippen LogP contribution in [0.5, 0.6) is 0 Å². The summed E-state index contributed by atoms with van der Waals surface area (Å²) >= 11 is 3.03. The Morgan fingerprint density at radius 1 is 1.50 bits per heavy atom. The maximum absolute atomic E-state index is 13.8. The first-order chi connectivity index (χ1) is 9.35. The molecular formula is C11H12BrFN4O2S. The van der Waals surface area contributed by atoms with Crippen molar-refractivity contribution in [2.45, 2.75) is 18.2 Å². The fourth-order valence-corrected chi connectivity index (χ4v) is 3.08. The molecule has 0 fully saturated rings. The molecule has 0 aliphatic heterocycles. The lowest BCUT2D eigenvalue weighted by Crippen LogP contribution is -2.16. The molecule has 0 aliphatic rings. The Hall–Kier alpha value is -1.61. The van der Waals surface area contributed by atoms with E-state index in [1.807, 2.05) is 6.92 Å². The van der Waals surface area contributed by atoms with Gasteiger partial charge in [0.25, 0.3) is 10.0 Å². The number of nitrogens with two attached hydrogens (primary N) is 1. The summed E-state index contributed by atoms with van der Waals surface area (Å²) in [6, 6.07) is 2.07. The number of nitrogens with one attached hydrogen (secondary N) is 2. The van der Waals surface area contributed by atoms with Gasteiger partial charge in [0.1, 0.15) is 16.5 Å². The largest absolute Gasteiger partial charge is 0.398 e. The highest BCUT2D eigenvalue weighted by Gasteiger charge is 2.22. The van der Waals surface area contributed by atoms with Gasteiger partial charge >= 0.3 is 0 Å². The van der Waals surface area contributed by atoms with Crippen molar-refractivity contribution >= 4 is 37.5 Å². The SMILES string of the molecule is CCc1cn[nH]c1NS(=O)(=O)c1cc(N)c(Br)cc1F. The van der Waals surface area contributed by atoms with Gasteiger partial charge in [-0.25, -0.2) is 12.8 Å². The van der Waals surface area contributed by atoms with Gasteiger partial charge in [-0.05, 0) is 34.5 Å². The molecule has 2 rings (SSSR count). The van der Waals surface area contributed by atoms with Gasteiger partial charge in [-0.1, -0.05) is 6.92 Å². The summed E-state index contributed by atoms with van der Waals surface area (Å²) in [7, 11) is -4.08. The Bertz CT molecular complexity index is 745. The minimum absolute atomic E-state index is 0.132. The number of nitrogen functional groups attached to an aromatic ring is 1. The van der Waals surface area contributed by atoms with E-state index in [1.54, 1.807) is 0 Å². The summed E-state index contributed by atoms with van der Waals surface area (Å²) in [5.74, 6) is -0.676. The van der Waals surface area contributed by atoms with Gasteiger partial charge in [-0.3, -0.25) is 9.82 Å². The quantitative estimate of drug-likeness (QED) is 0.726. The van der Waals surface area contributed by atoms with E-state index in [-0.39, 0.29) is 11.5 Å². The van der Waals surface area contributed by atoms with E-state index >= 15 is 0 Å². The Kier molecular flexibility index (Phi) is 4.00. The number of hydrogen-bond acceptors (Lipinski definition) is 4. The molecule has 1 aromatic heterocycles. The van der Waals surface area contributed by atoms with Gasteiger partial charge < -0.3 is 5.73 Å². The third kappa shape index (κ3) is 2.78. The molecule has 0 atom stereocenters. The summed E-state index contributed by atoms with van der Waals surface area (Å²) in [5.41, 5.74) is 6.40. The fraction of sp³-hybridized carbons (Fsp3) is 0.182. The Morgan fingerprint density at radius 3 is 2.85 bits per heavy atom. The van der Waals surface area contributed by atoms with Crippen LogP contribution < -0.4 is 10.5 Å². The Morgan fingerprint density at radius 2 is 2.20 bits per heavy atom. The first-order valence-corrected chi connectivity index (χ1v) is 7.92. The molecule has 0 aliphatic carbocycles. The van der Waals surface area contributed by atoms with Crippen molar-refractivity contribution in [3.63, 3.8) is 0 Å². The second-order valence-corrected chi connectivity index (χ2v) is 6.54.